The topological polar surface area (TPSA) is 0 Å². The van der Waals surface area contributed by atoms with E-state index in [1.54, 1.807) is 0 Å². The average Bonchev–Trinajstić information content (AvgIpc) is 2.12. The van der Waals surface area contributed by atoms with Gasteiger partial charge in [-0.15, -0.1) is 0 Å². The lowest BCUT2D eigenvalue weighted by Crippen LogP contribution is -2.12. The van der Waals surface area contributed by atoms with Gasteiger partial charge < -0.3 is 0 Å². The molecule has 0 aliphatic heterocycles. The molecule has 0 bridgehead atoms. The van der Waals surface area contributed by atoms with Gasteiger partial charge in [0.25, 0.3) is 0 Å². The molecule has 0 saturated carbocycles. The summed E-state index contributed by atoms with van der Waals surface area (Å²) in [5, 5.41) is 0. The van der Waals surface area contributed by atoms with Crippen LogP contribution >= 0.6 is 0 Å². The lowest BCUT2D eigenvalue weighted by atomic mass is 9.80. The van der Waals surface area contributed by atoms with Crippen LogP contribution in [0.4, 0.5) is 0 Å². The molecule has 1 unspecified atom stereocenters. The van der Waals surface area contributed by atoms with Crippen molar-refractivity contribution in [2.24, 2.45) is 5.41 Å². The highest BCUT2D eigenvalue weighted by molar-refractivity contribution is 4.96. The van der Waals surface area contributed by atoms with Crippen LogP contribution in [0.5, 0.6) is 0 Å². The maximum atomic E-state index is 2.44. The number of allylic oxidation sites excluding steroid dienone is 2. The molecule has 0 aromatic rings. The standard InChI is InChI=1S/C13H26/c1-5-8-11-13(4,10-7-3)12-9-6-2/h8,11H,5-7,9-10,12H2,1-4H3. The van der Waals surface area contributed by atoms with Gasteiger partial charge in [-0.25, -0.2) is 0 Å². The first-order chi connectivity index (χ1) is 6.18. The van der Waals surface area contributed by atoms with Crippen LogP contribution < -0.4 is 0 Å². The summed E-state index contributed by atoms with van der Waals surface area (Å²) in [4.78, 5) is 0. The van der Waals surface area contributed by atoms with E-state index in [4.69, 9.17) is 0 Å². The lowest BCUT2D eigenvalue weighted by molar-refractivity contribution is 0.344. The highest BCUT2D eigenvalue weighted by Gasteiger charge is 2.18. The van der Waals surface area contributed by atoms with E-state index in [-0.39, 0.29) is 0 Å². The van der Waals surface area contributed by atoms with E-state index in [9.17, 15) is 0 Å². The second-order valence-electron chi connectivity index (χ2n) is 4.32. The van der Waals surface area contributed by atoms with E-state index in [0.29, 0.717) is 5.41 Å². The molecule has 78 valence electrons. The molecule has 0 spiro atoms. The van der Waals surface area contributed by atoms with E-state index < -0.39 is 0 Å². The van der Waals surface area contributed by atoms with Crippen LogP contribution in [0.3, 0.4) is 0 Å². The Labute approximate surface area is 84.4 Å². The molecule has 0 radical (unpaired) electrons. The molecule has 13 heavy (non-hydrogen) atoms. The fraction of sp³-hybridized carbons (Fsp3) is 0.846. The van der Waals surface area contributed by atoms with Crippen LogP contribution in [-0.4, -0.2) is 0 Å². The molecule has 0 heterocycles. The Morgan fingerprint density at radius 2 is 1.69 bits per heavy atom. The van der Waals surface area contributed by atoms with E-state index in [1.165, 1.54) is 38.5 Å². The Morgan fingerprint density at radius 1 is 1.00 bits per heavy atom. The number of unbranched alkanes of at least 4 members (excludes halogenated alkanes) is 1. The summed E-state index contributed by atoms with van der Waals surface area (Å²) < 4.78 is 0. The Balaban J connectivity index is 4.06. The Bertz CT molecular complexity index is 135. The zero-order chi connectivity index (χ0) is 10.2. The van der Waals surface area contributed by atoms with Crippen molar-refractivity contribution >= 4 is 0 Å². The van der Waals surface area contributed by atoms with Crippen molar-refractivity contribution in [3.8, 4) is 0 Å². The molecule has 0 amide bonds. The average molecular weight is 182 g/mol. The first-order valence-electron chi connectivity index (χ1n) is 5.86. The van der Waals surface area contributed by atoms with Crippen molar-refractivity contribution < 1.29 is 0 Å². The molecule has 0 aromatic carbocycles. The van der Waals surface area contributed by atoms with Crippen molar-refractivity contribution in [2.45, 2.75) is 66.2 Å². The second kappa shape index (κ2) is 7.17. The van der Waals surface area contributed by atoms with Crippen LogP contribution in [0.15, 0.2) is 12.2 Å². The van der Waals surface area contributed by atoms with Gasteiger partial charge in [0.15, 0.2) is 0 Å². The molecule has 0 rings (SSSR count). The molecule has 0 aliphatic rings. The number of hydrogen-bond donors (Lipinski definition) is 0. The van der Waals surface area contributed by atoms with Gasteiger partial charge in [-0.1, -0.05) is 59.1 Å². The van der Waals surface area contributed by atoms with Crippen LogP contribution in [0.2, 0.25) is 0 Å². The zero-order valence-electron chi connectivity index (χ0n) is 9.90. The van der Waals surface area contributed by atoms with Gasteiger partial charge in [-0.2, -0.15) is 0 Å². The third-order valence-corrected chi connectivity index (χ3v) is 2.68. The van der Waals surface area contributed by atoms with Crippen molar-refractivity contribution in [1.82, 2.24) is 0 Å². The predicted octanol–water partition coefficient (Wildman–Crippen LogP) is 4.95. The summed E-state index contributed by atoms with van der Waals surface area (Å²) in [5.74, 6) is 0. The SMILES string of the molecule is CCC=CC(C)(CCC)CCCC. The molecule has 0 fully saturated rings. The van der Waals surface area contributed by atoms with Gasteiger partial charge in [-0.3, -0.25) is 0 Å². The third-order valence-electron chi connectivity index (χ3n) is 2.68. The molecule has 0 nitrogen and oxygen atoms in total. The van der Waals surface area contributed by atoms with E-state index in [1.807, 2.05) is 0 Å². The number of rotatable bonds is 7. The van der Waals surface area contributed by atoms with Crippen molar-refractivity contribution in [3.63, 3.8) is 0 Å². The van der Waals surface area contributed by atoms with Crippen LogP contribution in [0, 0.1) is 5.41 Å². The molecular weight excluding hydrogens is 156 g/mol. The van der Waals surface area contributed by atoms with Crippen molar-refractivity contribution in [1.29, 1.82) is 0 Å². The minimum Gasteiger partial charge on any atom is -0.0883 e. The molecule has 0 heteroatoms. The van der Waals surface area contributed by atoms with Gasteiger partial charge in [0.1, 0.15) is 0 Å². The van der Waals surface area contributed by atoms with Gasteiger partial charge in [0, 0.05) is 0 Å². The van der Waals surface area contributed by atoms with Gasteiger partial charge >= 0.3 is 0 Å². The zero-order valence-corrected chi connectivity index (χ0v) is 9.90. The maximum absolute atomic E-state index is 2.44. The Hall–Kier alpha value is -0.260. The third kappa shape index (κ3) is 5.90. The summed E-state index contributed by atoms with van der Waals surface area (Å²) in [6.45, 7) is 9.17. The highest BCUT2D eigenvalue weighted by atomic mass is 14.2. The normalized spacial score (nSPS) is 16.3. The minimum atomic E-state index is 0.473. The lowest BCUT2D eigenvalue weighted by Gasteiger charge is -2.25. The maximum Gasteiger partial charge on any atom is -0.0147 e. The largest absolute Gasteiger partial charge is 0.0883 e. The molecule has 0 aliphatic carbocycles. The number of hydrogen-bond acceptors (Lipinski definition) is 0. The van der Waals surface area contributed by atoms with E-state index >= 15 is 0 Å². The molecule has 0 aromatic heterocycles. The van der Waals surface area contributed by atoms with Crippen LogP contribution in [0.25, 0.3) is 0 Å². The second-order valence-corrected chi connectivity index (χ2v) is 4.32. The summed E-state index contributed by atoms with van der Waals surface area (Å²) >= 11 is 0. The first kappa shape index (κ1) is 12.7. The van der Waals surface area contributed by atoms with Crippen molar-refractivity contribution in [3.05, 3.63) is 12.2 Å². The van der Waals surface area contributed by atoms with Crippen LogP contribution in [-0.2, 0) is 0 Å². The van der Waals surface area contributed by atoms with Crippen molar-refractivity contribution in [2.75, 3.05) is 0 Å². The molecule has 0 N–H and O–H groups in total. The molecular formula is C13H26. The highest BCUT2D eigenvalue weighted by Crippen LogP contribution is 2.31. The summed E-state index contributed by atoms with van der Waals surface area (Å²) in [6, 6.07) is 0. The van der Waals surface area contributed by atoms with Gasteiger partial charge in [-0.05, 0) is 24.7 Å². The molecule has 0 saturated heterocycles. The smallest absolute Gasteiger partial charge is 0.0147 e. The Morgan fingerprint density at radius 3 is 2.15 bits per heavy atom. The van der Waals surface area contributed by atoms with Gasteiger partial charge in [0.05, 0.1) is 0 Å². The fourth-order valence-corrected chi connectivity index (χ4v) is 1.85. The summed E-state index contributed by atoms with van der Waals surface area (Å²) in [7, 11) is 0. The fourth-order valence-electron chi connectivity index (χ4n) is 1.85. The van der Waals surface area contributed by atoms with E-state index in [2.05, 4.69) is 39.8 Å². The summed E-state index contributed by atoms with van der Waals surface area (Å²) in [6.07, 6.45) is 12.6. The van der Waals surface area contributed by atoms with Gasteiger partial charge in [0.2, 0.25) is 0 Å². The van der Waals surface area contributed by atoms with Crippen LogP contribution in [0.1, 0.15) is 66.2 Å². The summed E-state index contributed by atoms with van der Waals surface area (Å²) in [5.41, 5.74) is 0.473. The Kier molecular flexibility index (Phi) is 7.03. The molecule has 1 atom stereocenters. The monoisotopic (exact) mass is 182 g/mol. The first-order valence-corrected chi connectivity index (χ1v) is 5.86. The van der Waals surface area contributed by atoms with E-state index in [0.717, 1.165) is 0 Å². The quantitative estimate of drug-likeness (QED) is 0.489. The minimum absolute atomic E-state index is 0.473. The predicted molar refractivity (Wildman–Crippen MR) is 62.0 cm³/mol.